The fraction of sp³-hybridized carbons (Fsp3) is 0.938. The van der Waals surface area contributed by atoms with Crippen LogP contribution in [0.1, 0.15) is 26.7 Å². The van der Waals surface area contributed by atoms with E-state index in [1.54, 1.807) is 0 Å². The Kier molecular flexibility index (Phi) is 8.41. The van der Waals surface area contributed by atoms with E-state index >= 15 is 0 Å². The second kappa shape index (κ2) is 10.3. The summed E-state index contributed by atoms with van der Waals surface area (Å²) in [5, 5.41) is 7.63. The van der Waals surface area contributed by atoms with Gasteiger partial charge in [0.2, 0.25) is 0 Å². The van der Waals surface area contributed by atoms with Crippen molar-refractivity contribution < 1.29 is 4.74 Å². The molecule has 2 fully saturated rings. The molecule has 2 rings (SSSR count). The summed E-state index contributed by atoms with van der Waals surface area (Å²) in [4.78, 5) is 7.25. The van der Waals surface area contributed by atoms with E-state index in [1.807, 2.05) is 0 Å². The molecule has 2 N–H and O–H groups in total. The number of nitrogens with zero attached hydrogens (tertiary/aromatic N) is 2. The second-order valence-corrected chi connectivity index (χ2v) is 7.66. The highest BCUT2D eigenvalue weighted by molar-refractivity contribution is 8.00. The first-order valence-electron chi connectivity index (χ1n) is 8.71. The molecule has 22 heavy (non-hydrogen) atoms. The van der Waals surface area contributed by atoms with Crippen LogP contribution in [0.3, 0.4) is 0 Å². The molecule has 0 radical (unpaired) electrons. The van der Waals surface area contributed by atoms with Gasteiger partial charge in [-0.1, -0.05) is 6.92 Å². The van der Waals surface area contributed by atoms with E-state index in [2.05, 4.69) is 41.1 Å². The number of hydrogen-bond acceptors (Lipinski definition) is 4. The third-order valence-corrected chi connectivity index (χ3v) is 5.50. The number of morpholine rings is 1. The van der Waals surface area contributed by atoms with E-state index in [-0.39, 0.29) is 0 Å². The molecule has 0 aromatic heterocycles. The number of thioether (sulfide) groups is 1. The lowest BCUT2D eigenvalue weighted by Gasteiger charge is -2.28. The zero-order chi connectivity index (χ0) is 15.6. The van der Waals surface area contributed by atoms with Crippen molar-refractivity contribution in [2.75, 3.05) is 58.2 Å². The zero-order valence-electron chi connectivity index (χ0n) is 14.1. The molecule has 2 unspecified atom stereocenters. The number of ether oxygens (including phenoxy) is 1. The summed E-state index contributed by atoms with van der Waals surface area (Å²) in [7, 11) is 0. The highest BCUT2D eigenvalue weighted by Gasteiger charge is 2.16. The first kappa shape index (κ1) is 17.9. The Morgan fingerprint density at radius 1 is 1.36 bits per heavy atom. The molecule has 128 valence electrons. The molecule has 0 aromatic carbocycles. The second-order valence-electron chi connectivity index (χ2n) is 6.25. The molecular weight excluding hydrogens is 296 g/mol. The summed E-state index contributed by atoms with van der Waals surface area (Å²) in [6.07, 6.45) is 2.70. The van der Waals surface area contributed by atoms with Gasteiger partial charge < -0.3 is 15.4 Å². The molecule has 2 heterocycles. The van der Waals surface area contributed by atoms with Gasteiger partial charge in [-0.2, -0.15) is 11.8 Å². The standard InChI is InChI=1S/C16H32N4OS/c1-3-17-16(19-12-15-5-4-10-22-15)18-11-14(2)13-20-6-8-21-9-7-20/h14-15H,3-13H2,1-2H3,(H2,17,18,19). The van der Waals surface area contributed by atoms with Gasteiger partial charge in [0.1, 0.15) is 0 Å². The van der Waals surface area contributed by atoms with Crippen molar-refractivity contribution in [3.63, 3.8) is 0 Å². The first-order chi connectivity index (χ1) is 10.8. The number of nitrogens with one attached hydrogen (secondary N) is 2. The van der Waals surface area contributed by atoms with Crippen LogP contribution < -0.4 is 10.6 Å². The van der Waals surface area contributed by atoms with Gasteiger partial charge in [0, 0.05) is 44.5 Å². The van der Waals surface area contributed by atoms with Crippen molar-refractivity contribution in [1.82, 2.24) is 15.5 Å². The summed E-state index contributed by atoms with van der Waals surface area (Å²) in [5.74, 6) is 2.87. The summed E-state index contributed by atoms with van der Waals surface area (Å²) in [6, 6.07) is 0. The monoisotopic (exact) mass is 328 g/mol. The average Bonchev–Trinajstić information content (AvgIpc) is 3.04. The number of aliphatic imine (C=N–C) groups is 1. The van der Waals surface area contributed by atoms with Crippen molar-refractivity contribution in [3.05, 3.63) is 0 Å². The van der Waals surface area contributed by atoms with Gasteiger partial charge in [0.25, 0.3) is 0 Å². The predicted molar refractivity (Wildman–Crippen MR) is 95.9 cm³/mol. The minimum atomic E-state index is 0.578. The van der Waals surface area contributed by atoms with E-state index in [4.69, 9.17) is 9.73 Å². The molecule has 0 saturated carbocycles. The van der Waals surface area contributed by atoms with Crippen LogP contribution in [0.15, 0.2) is 4.99 Å². The van der Waals surface area contributed by atoms with Crippen molar-refractivity contribution in [1.29, 1.82) is 0 Å². The van der Waals surface area contributed by atoms with Crippen molar-refractivity contribution >= 4 is 17.7 Å². The van der Waals surface area contributed by atoms with Crippen LogP contribution in [-0.2, 0) is 4.74 Å². The van der Waals surface area contributed by atoms with Gasteiger partial charge in [-0.15, -0.1) is 0 Å². The van der Waals surface area contributed by atoms with Crippen molar-refractivity contribution in [2.24, 2.45) is 10.9 Å². The van der Waals surface area contributed by atoms with E-state index in [1.165, 1.54) is 18.6 Å². The highest BCUT2D eigenvalue weighted by Crippen LogP contribution is 2.25. The Morgan fingerprint density at radius 2 is 2.18 bits per heavy atom. The molecule has 6 heteroatoms. The van der Waals surface area contributed by atoms with Crippen LogP contribution in [0.25, 0.3) is 0 Å². The summed E-state index contributed by atoms with van der Waals surface area (Å²) >= 11 is 2.09. The number of hydrogen-bond donors (Lipinski definition) is 2. The smallest absolute Gasteiger partial charge is 0.191 e. The topological polar surface area (TPSA) is 48.9 Å². The quantitative estimate of drug-likeness (QED) is 0.547. The van der Waals surface area contributed by atoms with Crippen molar-refractivity contribution in [3.8, 4) is 0 Å². The molecule has 0 bridgehead atoms. The lowest BCUT2D eigenvalue weighted by atomic mass is 10.1. The maximum Gasteiger partial charge on any atom is 0.191 e. The molecule has 2 saturated heterocycles. The third kappa shape index (κ3) is 6.75. The van der Waals surface area contributed by atoms with Crippen LogP contribution >= 0.6 is 11.8 Å². The van der Waals surface area contributed by atoms with Gasteiger partial charge in [0.05, 0.1) is 13.2 Å². The fourth-order valence-electron chi connectivity index (χ4n) is 2.89. The zero-order valence-corrected chi connectivity index (χ0v) is 15.0. The largest absolute Gasteiger partial charge is 0.379 e. The van der Waals surface area contributed by atoms with E-state index in [9.17, 15) is 0 Å². The minimum absolute atomic E-state index is 0.578. The van der Waals surface area contributed by atoms with Gasteiger partial charge in [-0.3, -0.25) is 9.89 Å². The van der Waals surface area contributed by atoms with Gasteiger partial charge in [-0.05, 0) is 31.4 Å². The minimum Gasteiger partial charge on any atom is -0.379 e. The fourth-order valence-corrected chi connectivity index (χ4v) is 4.09. The lowest BCUT2D eigenvalue weighted by Crippen LogP contribution is -2.41. The Hall–Kier alpha value is -0.460. The summed E-state index contributed by atoms with van der Waals surface area (Å²) in [6.45, 7) is 12.2. The van der Waals surface area contributed by atoms with Crippen LogP contribution in [0, 0.1) is 5.92 Å². The number of guanidine groups is 1. The van der Waals surface area contributed by atoms with E-state index in [0.29, 0.717) is 5.92 Å². The normalized spacial score (nSPS) is 25.2. The van der Waals surface area contributed by atoms with Crippen LogP contribution in [-0.4, -0.2) is 74.3 Å². The third-order valence-electron chi connectivity index (χ3n) is 4.10. The lowest BCUT2D eigenvalue weighted by molar-refractivity contribution is 0.0323. The van der Waals surface area contributed by atoms with Gasteiger partial charge in [-0.25, -0.2) is 0 Å². The maximum atomic E-state index is 5.40. The SMILES string of the molecule is CCNC(=NCC(C)CN1CCOCC1)NCC1CCCS1. The first-order valence-corrected chi connectivity index (χ1v) is 9.76. The Labute approximate surface area is 139 Å². The molecular formula is C16H32N4OS. The Balaban J connectivity index is 1.70. The average molecular weight is 329 g/mol. The molecule has 2 atom stereocenters. The summed E-state index contributed by atoms with van der Waals surface area (Å²) in [5.41, 5.74) is 0. The summed E-state index contributed by atoms with van der Waals surface area (Å²) < 4.78 is 5.40. The molecule has 0 aliphatic carbocycles. The van der Waals surface area contributed by atoms with Crippen LogP contribution in [0.4, 0.5) is 0 Å². The maximum absolute atomic E-state index is 5.40. The molecule has 2 aliphatic heterocycles. The molecule has 0 spiro atoms. The van der Waals surface area contributed by atoms with Crippen LogP contribution in [0.5, 0.6) is 0 Å². The van der Waals surface area contributed by atoms with Gasteiger partial charge >= 0.3 is 0 Å². The van der Waals surface area contributed by atoms with E-state index in [0.717, 1.165) is 63.7 Å². The van der Waals surface area contributed by atoms with Gasteiger partial charge in [0.15, 0.2) is 5.96 Å². The molecule has 0 aromatic rings. The number of rotatable bonds is 7. The Bertz CT molecular complexity index is 328. The molecule has 2 aliphatic rings. The molecule has 0 amide bonds. The predicted octanol–water partition coefficient (Wildman–Crippen LogP) is 1.41. The molecule has 5 nitrogen and oxygen atoms in total. The van der Waals surface area contributed by atoms with E-state index < -0.39 is 0 Å². The Morgan fingerprint density at radius 3 is 2.86 bits per heavy atom. The van der Waals surface area contributed by atoms with Crippen LogP contribution in [0.2, 0.25) is 0 Å². The van der Waals surface area contributed by atoms with Crippen molar-refractivity contribution in [2.45, 2.75) is 31.9 Å². The highest BCUT2D eigenvalue weighted by atomic mass is 32.2.